The molecule has 0 spiro atoms. The van der Waals surface area contributed by atoms with Gasteiger partial charge in [0.05, 0.1) is 23.1 Å². The zero-order valence-electron chi connectivity index (χ0n) is 13.0. The van der Waals surface area contributed by atoms with Crippen molar-refractivity contribution in [1.82, 2.24) is 0 Å². The van der Waals surface area contributed by atoms with E-state index in [1.807, 2.05) is 0 Å². The number of carbonyl (C=O) groups excluding carboxylic acids is 1. The number of nitro benzene ring substituents is 1. The molecule has 0 fully saturated rings. The molecular weight excluding hydrogens is 336 g/mol. The maximum absolute atomic E-state index is 12.2. The monoisotopic (exact) mass is 350 g/mol. The van der Waals surface area contributed by atoms with E-state index in [0.717, 1.165) is 0 Å². The molecule has 2 rings (SSSR count). The molecular formula is C16H15ClN2O5. The second kappa shape index (κ2) is 7.65. The third-order valence-electron chi connectivity index (χ3n) is 3.13. The van der Waals surface area contributed by atoms with Gasteiger partial charge in [0.1, 0.15) is 11.5 Å². The topological polar surface area (TPSA) is 90.7 Å². The van der Waals surface area contributed by atoms with Gasteiger partial charge in [0.25, 0.3) is 11.6 Å². The lowest BCUT2D eigenvalue weighted by Gasteiger charge is -2.15. The molecule has 126 valence electrons. The van der Waals surface area contributed by atoms with E-state index in [1.165, 1.54) is 25.3 Å². The molecule has 0 aliphatic carbocycles. The van der Waals surface area contributed by atoms with E-state index in [0.29, 0.717) is 16.5 Å². The van der Waals surface area contributed by atoms with Crippen LogP contribution in [0.15, 0.2) is 42.5 Å². The summed E-state index contributed by atoms with van der Waals surface area (Å²) in [6.07, 6.45) is -0.854. The standard InChI is InChI=1S/C16H15ClN2O5/c1-10(24-13-5-3-4-12(9-13)19(21)22)16(20)18-11-6-7-15(23-2)14(17)8-11/h3-10H,1-2H3,(H,18,20)/t10-/m1/s1. The fourth-order valence-corrected chi connectivity index (χ4v) is 2.17. The first-order valence-electron chi connectivity index (χ1n) is 6.96. The lowest BCUT2D eigenvalue weighted by atomic mass is 10.2. The van der Waals surface area contributed by atoms with E-state index in [-0.39, 0.29) is 11.4 Å². The Morgan fingerprint density at radius 3 is 2.67 bits per heavy atom. The van der Waals surface area contributed by atoms with Crippen molar-refractivity contribution < 1.29 is 19.2 Å². The Morgan fingerprint density at radius 2 is 2.04 bits per heavy atom. The number of methoxy groups -OCH3 is 1. The largest absolute Gasteiger partial charge is 0.495 e. The Hall–Kier alpha value is -2.80. The molecule has 0 saturated heterocycles. The average Bonchev–Trinajstić information content (AvgIpc) is 2.55. The first-order chi connectivity index (χ1) is 11.4. The lowest BCUT2D eigenvalue weighted by Crippen LogP contribution is -2.30. The summed E-state index contributed by atoms with van der Waals surface area (Å²) < 4.78 is 10.5. The second-order valence-corrected chi connectivity index (χ2v) is 5.26. The molecule has 0 saturated carbocycles. The molecule has 0 bridgehead atoms. The van der Waals surface area contributed by atoms with Crippen LogP contribution in [0.1, 0.15) is 6.92 Å². The van der Waals surface area contributed by atoms with E-state index >= 15 is 0 Å². The minimum atomic E-state index is -0.854. The number of nitrogens with one attached hydrogen (secondary N) is 1. The molecule has 1 N–H and O–H groups in total. The van der Waals surface area contributed by atoms with Crippen molar-refractivity contribution in [2.24, 2.45) is 0 Å². The Labute approximate surface area is 143 Å². The van der Waals surface area contributed by atoms with Gasteiger partial charge in [-0.25, -0.2) is 0 Å². The van der Waals surface area contributed by atoms with Crippen LogP contribution in [0.5, 0.6) is 11.5 Å². The van der Waals surface area contributed by atoms with Crippen LogP contribution < -0.4 is 14.8 Å². The van der Waals surface area contributed by atoms with Crippen LogP contribution in [-0.2, 0) is 4.79 Å². The van der Waals surface area contributed by atoms with E-state index in [9.17, 15) is 14.9 Å². The third kappa shape index (κ3) is 4.36. The SMILES string of the molecule is COc1ccc(NC(=O)[C@@H](C)Oc2cccc([N+](=O)[O-])c2)cc1Cl. The summed E-state index contributed by atoms with van der Waals surface area (Å²) in [6.45, 7) is 1.54. The third-order valence-corrected chi connectivity index (χ3v) is 3.43. The number of nitro groups is 1. The number of amides is 1. The predicted octanol–water partition coefficient (Wildman–Crippen LogP) is 3.66. The lowest BCUT2D eigenvalue weighted by molar-refractivity contribution is -0.384. The zero-order chi connectivity index (χ0) is 17.7. The van der Waals surface area contributed by atoms with E-state index in [4.69, 9.17) is 21.1 Å². The molecule has 1 atom stereocenters. The van der Waals surface area contributed by atoms with Crippen LogP contribution in [0.25, 0.3) is 0 Å². The van der Waals surface area contributed by atoms with Crippen LogP contribution in [0, 0.1) is 10.1 Å². The van der Waals surface area contributed by atoms with Crippen molar-refractivity contribution in [3.05, 3.63) is 57.6 Å². The highest BCUT2D eigenvalue weighted by Gasteiger charge is 2.17. The molecule has 24 heavy (non-hydrogen) atoms. The van der Waals surface area contributed by atoms with Crippen molar-refractivity contribution in [3.63, 3.8) is 0 Å². The van der Waals surface area contributed by atoms with E-state index in [2.05, 4.69) is 5.32 Å². The van der Waals surface area contributed by atoms with Gasteiger partial charge >= 0.3 is 0 Å². The van der Waals surface area contributed by atoms with Gasteiger partial charge in [-0.1, -0.05) is 17.7 Å². The number of halogens is 1. The highest BCUT2D eigenvalue weighted by molar-refractivity contribution is 6.32. The molecule has 0 aromatic heterocycles. The number of hydrogen-bond acceptors (Lipinski definition) is 5. The highest BCUT2D eigenvalue weighted by atomic mass is 35.5. The Kier molecular flexibility index (Phi) is 5.59. The molecule has 0 aliphatic rings. The molecule has 0 radical (unpaired) electrons. The van der Waals surface area contributed by atoms with Crippen LogP contribution in [0.3, 0.4) is 0 Å². The molecule has 8 heteroatoms. The van der Waals surface area contributed by atoms with Crippen molar-refractivity contribution in [1.29, 1.82) is 0 Å². The van der Waals surface area contributed by atoms with Crippen LogP contribution in [-0.4, -0.2) is 24.0 Å². The molecule has 2 aromatic rings. The maximum atomic E-state index is 12.2. The number of non-ortho nitro benzene ring substituents is 1. The molecule has 2 aromatic carbocycles. The maximum Gasteiger partial charge on any atom is 0.273 e. The summed E-state index contributed by atoms with van der Waals surface area (Å²) >= 11 is 6.00. The number of ether oxygens (including phenoxy) is 2. The first-order valence-corrected chi connectivity index (χ1v) is 7.34. The number of carbonyl (C=O) groups is 1. The van der Waals surface area contributed by atoms with Gasteiger partial charge in [-0.05, 0) is 31.2 Å². The number of benzene rings is 2. The fourth-order valence-electron chi connectivity index (χ4n) is 1.92. The number of rotatable bonds is 6. The molecule has 0 heterocycles. The quantitative estimate of drug-likeness (QED) is 0.634. The second-order valence-electron chi connectivity index (χ2n) is 4.85. The molecule has 7 nitrogen and oxygen atoms in total. The Morgan fingerprint density at radius 1 is 1.29 bits per heavy atom. The van der Waals surface area contributed by atoms with Gasteiger partial charge in [0.2, 0.25) is 0 Å². The average molecular weight is 351 g/mol. The van der Waals surface area contributed by atoms with E-state index < -0.39 is 16.9 Å². The van der Waals surface area contributed by atoms with Crippen molar-refractivity contribution in [3.8, 4) is 11.5 Å². The van der Waals surface area contributed by atoms with Crippen LogP contribution in [0.2, 0.25) is 5.02 Å². The first kappa shape index (κ1) is 17.6. The van der Waals surface area contributed by atoms with Crippen molar-refractivity contribution in [2.45, 2.75) is 13.0 Å². The normalized spacial score (nSPS) is 11.5. The van der Waals surface area contributed by atoms with Gasteiger partial charge in [-0.3, -0.25) is 14.9 Å². The summed E-state index contributed by atoms with van der Waals surface area (Å²) in [5.41, 5.74) is 0.377. The van der Waals surface area contributed by atoms with Gasteiger partial charge in [0.15, 0.2) is 6.10 Å². The summed E-state index contributed by atoms with van der Waals surface area (Å²) in [6, 6.07) is 10.5. The summed E-state index contributed by atoms with van der Waals surface area (Å²) in [4.78, 5) is 22.4. The Bertz CT molecular complexity index is 766. The molecule has 1 amide bonds. The van der Waals surface area contributed by atoms with Crippen molar-refractivity contribution in [2.75, 3.05) is 12.4 Å². The minimum Gasteiger partial charge on any atom is -0.495 e. The predicted molar refractivity (Wildman–Crippen MR) is 89.8 cm³/mol. The summed E-state index contributed by atoms with van der Waals surface area (Å²) in [5, 5.41) is 13.8. The van der Waals surface area contributed by atoms with E-state index in [1.54, 1.807) is 31.2 Å². The summed E-state index contributed by atoms with van der Waals surface area (Å²) in [5.74, 6) is 0.318. The van der Waals surface area contributed by atoms with Gasteiger partial charge < -0.3 is 14.8 Å². The summed E-state index contributed by atoms with van der Waals surface area (Å²) in [7, 11) is 1.49. The number of hydrogen-bond donors (Lipinski definition) is 1. The molecule has 0 unspecified atom stereocenters. The minimum absolute atomic E-state index is 0.109. The van der Waals surface area contributed by atoms with Gasteiger partial charge in [-0.15, -0.1) is 0 Å². The number of anilines is 1. The smallest absolute Gasteiger partial charge is 0.273 e. The molecule has 0 aliphatic heterocycles. The van der Waals surface area contributed by atoms with Crippen LogP contribution >= 0.6 is 11.6 Å². The van der Waals surface area contributed by atoms with Gasteiger partial charge in [0, 0.05) is 11.8 Å². The number of nitrogens with zero attached hydrogens (tertiary/aromatic N) is 1. The Balaban J connectivity index is 2.03. The van der Waals surface area contributed by atoms with Crippen molar-refractivity contribution >= 4 is 28.9 Å². The highest BCUT2D eigenvalue weighted by Crippen LogP contribution is 2.27. The fraction of sp³-hybridized carbons (Fsp3) is 0.188. The van der Waals surface area contributed by atoms with Gasteiger partial charge in [-0.2, -0.15) is 0 Å². The zero-order valence-corrected chi connectivity index (χ0v) is 13.7. The van der Waals surface area contributed by atoms with Crippen LogP contribution in [0.4, 0.5) is 11.4 Å².